The highest BCUT2D eigenvalue weighted by atomic mass is 16.5. The van der Waals surface area contributed by atoms with E-state index in [1.807, 2.05) is 19.9 Å². The fourth-order valence-electron chi connectivity index (χ4n) is 3.32. The van der Waals surface area contributed by atoms with Gasteiger partial charge in [0.1, 0.15) is 17.6 Å². The van der Waals surface area contributed by atoms with Crippen LogP contribution in [0.3, 0.4) is 0 Å². The van der Waals surface area contributed by atoms with Gasteiger partial charge < -0.3 is 25.4 Å². The minimum Gasteiger partial charge on any atom is -0.507 e. The molecule has 1 aliphatic carbocycles. The summed E-state index contributed by atoms with van der Waals surface area (Å²) in [5.74, 6) is 0.293. The SMILES string of the molecule is CCNc1cc(O)c2c(c1)/C=C/CC(O)C(O)C(=O)/C=C\CC(C)OC2=C1CC1. The number of carbonyl (C=O) groups excluding carboxylic acids is 1. The number of hydrogen-bond acceptors (Lipinski definition) is 6. The molecule has 3 rings (SSSR count). The first-order valence-corrected chi connectivity index (χ1v) is 10.1. The molecule has 0 amide bonds. The Labute approximate surface area is 171 Å². The van der Waals surface area contributed by atoms with Gasteiger partial charge in [-0.3, -0.25) is 4.79 Å². The zero-order valence-corrected chi connectivity index (χ0v) is 16.9. The van der Waals surface area contributed by atoms with E-state index in [0.717, 1.165) is 29.7 Å². The van der Waals surface area contributed by atoms with Crippen LogP contribution < -0.4 is 5.32 Å². The van der Waals surface area contributed by atoms with Crippen molar-refractivity contribution >= 4 is 23.3 Å². The maximum Gasteiger partial charge on any atom is 0.186 e. The summed E-state index contributed by atoms with van der Waals surface area (Å²) in [5, 5.41) is 34.2. The first-order chi connectivity index (χ1) is 13.9. The molecule has 1 saturated carbocycles. The van der Waals surface area contributed by atoms with Crippen molar-refractivity contribution in [2.75, 3.05) is 11.9 Å². The quantitative estimate of drug-likeness (QED) is 0.608. The van der Waals surface area contributed by atoms with E-state index in [1.165, 1.54) is 6.08 Å². The van der Waals surface area contributed by atoms with Crippen molar-refractivity contribution in [2.45, 2.75) is 57.8 Å². The molecule has 29 heavy (non-hydrogen) atoms. The smallest absolute Gasteiger partial charge is 0.186 e. The van der Waals surface area contributed by atoms with E-state index >= 15 is 0 Å². The summed E-state index contributed by atoms with van der Waals surface area (Å²) in [6.07, 6.45) is 5.96. The predicted octanol–water partition coefficient (Wildman–Crippen LogP) is 3.39. The number of ketones is 1. The van der Waals surface area contributed by atoms with Crippen LogP contribution in [0.5, 0.6) is 5.75 Å². The van der Waals surface area contributed by atoms with Crippen LogP contribution in [-0.2, 0) is 9.53 Å². The van der Waals surface area contributed by atoms with Crippen molar-refractivity contribution in [3.8, 4) is 5.75 Å². The summed E-state index contributed by atoms with van der Waals surface area (Å²) in [4.78, 5) is 12.0. The van der Waals surface area contributed by atoms with Crippen LogP contribution in [0.2, 0.25) is 0 Å². The van der Waals surface area contributed by atoms with Gasteiger partial charge in [0.05, 0.1) is 17.8 Å². The van der Waals surface area contributed by atoms with E-state index in [1.54, 1.807) is 24.3 Å². The highest BCUT2D eigenvalue weighted by molar-refractivity contribution is 5.93. The predicted molar refractivity (Wildman–Crippen MR) is 113 cm³/mol. The lowest BCUT2D eigenvalue weighted by molar-refractivity contribution is -0.127. The number of fused-ring (bicyclic) bond motifs is 1. The molecule has 6 nitrogen and oxygen atoms in total. The highest BCUT2D eigenvalue weighted by Crippen LogP contribution is 2.43. The van der Waals surface area contributed by atoms with Gasteiger partial charge in [0.2, 0.25) is 0 Å². The van der Waals surface area contributed by atoms with Crippen molar-refractivity contribution in [1.82, 2.24) is 0 Å². The van der Waals surface area contributed by atoms with Crippen LogP contribution >= 0.6 is 0 Å². The van der Waals surface area contributed by atoms with Gasteiger partial charge in [-0.15, -0.1) is 0 Å². The number of ether oxygens (including phenoxy) is 1. The van der Waals surface area contributed by atoms with E-state index in [-0.39, 0.29) is 18.3 Å². The Balaban J connectivity index is 2.07. The van der Waals surface area contributed by atoms with Gasteiger partial charge in [-0.05, 0) is 56.4 Å². The van der Waals surface area contributed by atoms with Gasteiger partial charge in [-0.25, -0.2) is 0 Å². The van der Waals surface area contributed by atoms with Crippen molar-refractivity contribution in [3.05, 3.63) is 47.1 Å². The van der Waals surface area contributed by atoms with Gasteiger partial charge >= 0.3 is 0 Å². The van der Waals surface area contributed by atoms with Gasteiger partial charge in [-0.1, -0.05) is 18.2 Å². The minimum absolute atomic E-state index is 0.107. The van der Waals surface area contributed by atoms with Gasteiger partial charge in [0, 0.05) is 24.7 Å². The Bertz CT molecular complexity index is 849. The van der Waals surface area contributed by atoms with Crippen LogP contribution in [-0.4, -0.2) is 46.0 Å². The number of carbonyl (C=O) groups is 1. The molecule has 1 aliphatic heterocycles. The topological polar surface area (TPSA) is 99.0 Å². The molecule has 1 aromatic carbocycles. The molecule has 3 atom stereocenters. The van der Waals surface area contributed by atoms with E-state index in [0.29, 0.717) is 24.3 Å². The number of aliphatic hydroxyl groups excluding tert-OH is 2. The number of aliphatic hydroxyl groups is 2. The van der Waals surface area contributed by atoms with Crippen molar-refractivity contribution in [1.29, 1.82) is 0 Å². The van der Waals surface area contributed by atoms with E-state index in [9.17, 15) is 20.1 Å². The van der Waals surface area contributed by atoms with E-state index < -0.39 is 18.0 Å². The molecule has 156 valence electrons. The summed E-state index contributed by atoms with van der Waals surface area (Å²) in [6, 6.07) is 3.61. The number of phenolic OH excluding ortho intramolecular Hbond substituents is 1. The number of allylic oxidation sites excluding steroid dienone is 1. The Morgan fingerprint density at radius 2 is 1.86 bits per heavy atom. The third kappa shape index (κ3) is 5.28. The maximum absolute atomic E-state index is 12.0. The number of phenols is 1. The lowest BCUT2D eigenvalue weighted by Gasteiger charge is -2.21. The maximum atomic E-state index is 12.0. The third-order valence-corrected chi connectivity index (χ3v) is 4.98. The molecule has 3 unspecified atom stereocenters. The number of aromatic hydroxyl groups is 1. The number of rotatable bonds is 2. The average molecular weight is 399 g/mol. The number of hydrogen-bond donors (Lipinski definition) is 4. The molecular weight excluding hydrogens is 370 g/mol. The molecule has 1 heterocycles. The Hall–Kier alpha value is -2.57. The summed E-state index contributed by atoms with van der Waals surface area (Å²) < 4.78 is 6.20. The second kappa shape index (κ2) is 9.29. The van der Waals surface area contributed by atoms with Crippen LogP contribution in [0, 0.1) is 0 Å². The van der Waals surface area contributed by atoms with Gasteiger partial charge in [-0.2, -0.15) is 0 Å². The lowest BCUT2D eigenvalue weighted by Crippen LogP contribution is -2.32. The molecule has 0 bridgehead atoms. The standard InChI is InChI=1S/C23H29NO5/c1-3-24-17-12-16-7-5-9-19(26)22(28)18(25)8-4-6-14(2)29-23(15-10-11-15)21(16)20(27)13-17/h4-5,7-8,12-14,19,22,24,26-28H,3,6,9-11H2,1-2H3/b7-5+,8-4-. The van der Waals surface area contributed by atoms with E-state index in [2.05, 4.69) is 5.32 Å². The zero-order valence-electron chi connectivity index (χ0n) is 16.9. The third-order valence-electron chi connectivity index (χ3n) is 4.98. The lowest BCUT2D eigenvalue weighted by atomic mass is 9.99. The minimum atomic E-state index is -1.47. The van der Waals surface area contributed by atoms with Crippen LogP contribution in [0.25, 0.3) is 11.8 Å². The van der Waals surface area contributed by atoms with E-state index in [4.69, 9.17) is 4.74 Å². The molecule has 2 aliphatic rings. The molecule has 0 aromatic heterocycles. The molecule has 1 aromatic rings. The van der Waals surface area contributed by atoms with Crippen LogP contribution in [0.1, 0.15) is 50.7 Å². The number of nitrogens with one attached hydrogen (secondary N) is 1. The van der Waals surface area contributed by atoms with Crippen molar-refractivity contribution < 1.29 is 24.9 Å². The molecule has 1 fully saturated rings. The normalized spacial score (nSPS) is 27.4. The van der Waals surface area contributed by atoms with Crippen LogP contribution in [0.4, 0.5) is 5.69 Å². The first-order valence-electron chi connectivity index (χ1n) is 10.1. The molecule has 0 saturated heterocycles. The van der Waals surface area contributed by atoms with Crippen LogP contribution in [0.15, 0.2) is 35.9 Å². The first kappa shape index (κ1) is 21.1. The zero-order chi connectivity index (χ0) is 21.0. The molecule has 0 spiro atoms. The Morgan fingerprint density at radius 1 is 1.14 bits per heavy atom. The summed E-state index contributed by atoms with van der Waals surface area (Å²) in [7, 11) is 0. The Kier molecular flexibility index (Phi) is 6.77. The average Bonchev–Trinajstić information content (AvgIpc) is 3.50. The fraction of sp³-hybridized carbons (Fsp3) is 0.435. The monoisotopic (exact) mass is 399 g/mol. The van der Waals surface area contributed by atoms with Crippen molar-refractivity contribution in [2.24, 2.45) is 0 Å². The summed E-state index contributed by atoms with van der Waals surface area (Å²) in [5.41, 5.74) is 3.32. The second-order valence-electron chi connectivity index (χ2n) is 7.54. The van der Waals surface area contributed by atoms with Gasteiger partial charge in [0.15, 0.2) is 5.78 Å². The van der Waals surface area contributed by atoms with Crippen molar-refractivity contribution in [3.63, 3.8) is 0 Å². The molecular formula is C23H29NO5. The Morgan fingerprint density at radius 3 is 2.55 bits per heavy atom. The second-order valence-corrected chi connectivity index (χ2v) is 7.54. The molecule has 0 radical (unpaired) electrons. The van der Waals surface area contributed by atoms with Gasteiger partial charge in [0.25, 0.3) is 0 Å². The number of anilines is 1. The largest absolute Gasteiger partial charge is 0.507 e. The summed E-state index contributed by atoms with van der Waals surface area (Å²) in [6.45, 7) is 4.58. The number of benzene rings is 1. The summed E-state index contributed by atoms with van der Waals surface area (Å²) >= 11 is 0. The highest BCUT2D eigenvalue weighted by Gasteiger charge is 2.27. The molecule has 6 heteroatoms. The fourth-order valence-corrected chi connectivity index (χ4v) is 3.32. The molecule has 4 N–H and O–H groups in total.